The Hall–Kier alpha value is -2.96. The van der Waals surface area contributed by atoms with Crippen LogP contribution in [0, 0.1) is 29.3 Å². The molecule has 5 atom stereocenters. The Balaban J connectivity index is 1.62. The number of hydrogen-bond acceptors (Lipinski definition) is 2. The lowest BCUT2D eigenvalue weighted by Gasteiger charge is -2.58. The lowest BCUT2D eigenvalue weighted by atomic mass is 9.71. The Kier molecular flexibility index (Phi) is 6.51. The van der Waals surface area contributed by atoms with Gasteiger partial charge in [0.15, 0.2) is 17.5 Å². The fraction of sp³-hybridized carbons (Fsp3) is 0.345. The summed E-state index contributed by atoms with van der Waals surface area (Å²) < 4.78 is 49.7. The number of para-hydroxylation sites is 1. The number of ether oxygens (including phenoxy) is 1. The van der Waals surface area contributed by atoms with Crippen LogP contribution in [0.3, 0.4) is 0 Å². The van der Waals surface area contributed by atoms with Crippen molar-refractivity contribution < 1.29 is 22.4 Å². The van der Waals surface area contributed by atoms with Crippen molar-refractivity contribution in [2.75, 3.05) is 19.7 Å². The molecule has 3 saturated heterocycles. The number of halogens is 3. The molecule has 0 radical (unpaired) electrons. The van der Waals surface area contributed by atoms with E-state index in [2.05, 4.69) is 18.1 Å². The maximum Gasteiger partial charge on any atom is 0.194 e. The summed E-state index contributed by atoms with van der Waals surface area (Å²) >= 11 is 0. The van der Waals surface area contributed by atoms with Gasteiger partial charge in [-0.15, -0.1) is 13.2 Å². The number of hydrogen-bond donors (Lipinski definition) is 0. The van der Waals surface area contributed by atoms with Crippen LogP contribution in [-0.2, 0) is 11.3 Å². The van der Waals surface area contributed by atoms with Crippen molar-refractivity contribution in [1.29, 1.82) is 0 Å². The smallest absolute Gasteiger partial charge is 0.194 e. The Bertz CT molecular complexity index is 1260. The summed E-state index contributed by atoms with van der Waals surface area (Å²) in [4.78, 5) is 4.52. The lowest BCUT2D eigenvalue weighted by molar-refractivity contribution is -0.985. The average Bonchev–Trinajstić information content (AvgIpc) is 2.89. The van der Waals surface area contributed by atoms with Crippen LogP contribution in [0.2, 0.25) is 0 Å². The van der Waals surface area contributed by atoms with Gasteiger partial charge < -0.3 is 9.22 Å². The maximum atomic E-state index is 14.9. The van der Waals surface area contributed by atoms with Crippen LogP contribution in [0.1, 0.15) is 30.1 Å². The molecule has 2 bridgehead atoms. The standard InChI is InChI=1S/C29H30F3N2O/c1-3-15-35-29(23-11-13-33-25-8-6-5-7-22(23)25)26-16-20-12-14-34(26,17-19(20)4-2)18-21-9-10-24(30)28(32)27(21)31/h3-11,13,19-20,26,29H,1-2,12,14-18H2/q+1/t19-,20-,26+,29+,34-/m0/s1. The summed E-state index contributed by atoms with van der Waals surface area (Å²) in [6, 6.07) is 12.4. The van der Waals surface area contributed by atoms with Gasteiger partial charge in [0.1, 0.15) is 18.7 Å². The Morgan fingerprint density at radius 3 is 2.71 bits per heavy atom. The van der Waals surface area contributed by atoms with Gasteiger partial charge in [-0.3, -0.25) is 4.98 Å². The van der Waals surface area contributed by atoms with Crippen molar-refractivity contribution in [2.45, 2.75) is 31.5 Å². The van der Waals surface area contributed by atoms with Crippen LogP contribution < -0.4 is 0 Å². The first kappa shape index (κ1) is 23.8. The van der Waals surface area contributed by atoms with E-state index in [9.17, 15) is 13.2 Å². The van der Waals surface area contributed by atoms with E-state index in [0.717, 1.165) is 48.5 Å². The number of quaternary nitrogens is 1. The summed E-state index contributed by atoms with van der Waals surface area (Å²) in [6.07, 6.45) is 7.09. The number of pyridine rings is 1. The highest BCUT2D eigenvalue weighted by Crippen LogP contribution is 2.49. The second-order valence-electron chi connectivity index (χ2n) is 9.83. The zero-order chi connectivity index (χ0) is 24.6. The number of nitrogens with zero attached hydrogens (tertiary/aromatic N) is 2. The molecule has 0 unspecified atom stereocenters. The largest absolute Gasteiger partial charge is 0.363 e. The lowest BCUT2D eigenvalue weighted by Crippen LogP contribution is -2.67. The van der Waals surface area contributed by atoms with Crippen LogP contribution >= 0.6 is 0 Å². The highest BCUT2D eigenvalue weighted by atomic mass is 19.2. The predicted octanol–water partition coefficient (Wildman–Crippen LogP) is 6.51. The molecule has 3 aliphatic heterocycles. The number of aromatic nitrogens is 1. The second-order valence-corrected chi connectivity index (χ2v) is 9.83. The van der Waals surface area contributed by atoms with Crippen molar-refractivity contribution in [3.8, 4) is 0 Å². The Morgan fingerprint density at radius 2 is 1.91 bits per heavy atom. The van der Waals surface area contributed by atoms with Gasteiger partial charge in [0, 0.05) is 35.9 Å². The quantitative estimate of drug-likeness (QED) is 0.209. The van der Waals surface area contributed by atoms with Gasteiger partial charge in [-0.2, -0.15) is 0 Å². The van der Waals surface area contributed by atoms with Gasteiger partial charge in [-0.1, -0.05) is 30.4 Å². The summed E-state index contributed by atoms with van der Waals surface area (Å²) in [5, 5.41) is 1.02. The molecule has 0 saturated carbocycles. The minimum Gasteiger partial charge on any atom is -0.363 e. The number of benzene rings is 2. The molecule has 3 aliphatic rings. The molecule has 0 aliphatic carbocycles. The van der Waals surface area contributed by atoms with E-state index in [1.54, 1.807) is 12.3 Å². The van der Waals surface area contributed by atoms with Crippen LogP contribution in [0.5, 0.6) is 0 Å². The van der Waals surface area contributed by atoms with E-state index in [0.29, 0.717) is 17.0 Å². The monoisotopic (exact) mass is 479 g/mol. The van der Waals surface area contributed by atoms with Crippen LogP contribution in [-0.4, -0.2) is 35.2 Å². The SMILES string of the molecule is C=CCO[C@H](c1ccnc2ccccc12)[C@H]1C[C@@H]2CC[N@@+]1(Cc1ccc(F)c(F)c1F)C[C@@H]2C=C. The first-order chi connectivity index (χ1) is 17.0. The fourth-order valence-corrected chi connectivity index (χ4v) is 6.34. The Labute approximate surface area is 204 Å². The highest BCUT2D eigenvalue weighted by Gasteiger charge is 2.55. The molecular weight excluding hydrogens is 449 g/mol. The molecule has 0 N–H and O–H groups in total. The van der Waals surface area contributed by atoms with Crippen molar-refractivity contribution in [1.82, 2.24) is 4.98 Å². The van der Waals surface area contributed by atoms with E-state index < -0.39 is 17.5 Å². The summed E-state index contributed by atoms with van der Waals surface area (Å²) in [7, 11) is 0. The second kappa shape index (κ2) is 9.59. The van der Waals surface area contributed by atoms with Gasteiger partial charge in [0.2, 0.25) is 0 Å². The van der Waals surface area contributed by atoms with Gasteiger partial charge in [0.25, 0.3) is 0 Å². The maximum absolute atomic E-state index is 14.9. The molecule has 0 amide bonds. The van der Waals surface area contributed by atoms with Crippen LogP contribution in [0.15, 0.2) is 74.0 Å². The minimum absolute atomic E-state index is 0.00298. The third-order valence-electron chi connectivity index (χ3n) is 8.01. The number of piperidine rings is 3. The molecule has 3 nitrogen and oxygen atoms in total. The van der Waals surface area contributed by atoms with E-state index in [1.165, 1.54) is 6.07 Å². The summed E-state index contributed by atoms with van der Waals surface area (Å²) in [6.45, 7) is 10.1. The van der Waals surface area contributed by atoms with E-state index in [-0.39, 0.29) is 30.2 Å². The summed E-state index contributed by atoms with van der Waals surface area (Å²) in [5.74, 6) is -2.95. The fourth-order valence-electron chi connectivity index (χ4n) is 6.34. The topological polar surface area (TPSA) is 22.1 Å². The van der Waals surface area contributed by atoms with E-state index in [1.807, 2.05) is 36.4 Å². The molecule has 182 valence electrons. The van der Waals surface area contributed by atoms with Gasteiger partial charge in [0.05, 0.1) is 25.2 Å². The third kappa shape index (κ3) is 4.19. The first-order valence-electron chi connectivity index (χ1n) is 12.1. The average molecular weight is 480 g/mol. The molecule has 3 aromatic rings. The van der Waals surface area contributed by atoms with Gasteiger partial charge >= 0.3 is 0 Å². The van der Waals surface area contributed by atoms with Crippen molar-refractivity contribution >= 4 is 10.9 Å². The normalized spacial score (nSPS) is 26.5. The van der Waals surface area contributed by atoms with Gasteiger partial charge in [-0.05, 0) is 35.7 Å². The molecule has 6 rings (SSSR count). The molecule has 0 spiro atoms. The highest BCUT2D eigenvalue weighted by molar-refractivity contribution is 5.82. The van der Waals surface area contributed by atoms with E-state index in [4.69, 9.17) is 4.74 Å². The van der Waals surface area contributed by atoms with E-state index >= 15 is 0 Å². The zero-order valence-electron chi connectivity index (χ0n) is 19.7. The summed E-state index contributed by atoms with van der Waals surface area (Å²) in [5.41, 5.74) is 2.11. The molecular formula is C29H30F3N2O+. The van der Waals surface area contributed by atoms with Crippen molar-refractivity contribution in [3.05, 3.63) is 103 Å². The number of rotatable bonds is 8. The van der Waals surface area contributed by atoms with Crippen LogP contribution in [0.4, 0.5) is 13.2 Å². The van der Waals surface area contributed by atoms with Gasteiger partial charge in [-0.25, -0.2) is 13.2 Å². The zero-order valence-corrected chi connectivity index (χ0v) is 19.7. The third-order valence-corrected chi connectivity index (χ3v) is 8.01. The number of fused-ring (bicyclic) bond motifs is 4. The molecule has 35 heavy (non-hydrogen) atoms. The molecule has 6 heteroatoms. The Morgan fingerprint density at radius 1 is 1.09 bits per heavy atom. The minimum atomic E-state index is -1.41. The molecule has 2 aromatic carbocycles. The van der Waals surface area contributed by atoms with Crippen molar-refractivity contribution in [3.63, 3.8) is 0 Å². The molecule has 4 heterocycles. The first-order valence-corrected chi connectivity index (χ1v) is 12.1. The molecule has 3 fully saturated rings. The van der Waals surface area contributed by atoms with Crippen molar-refractivity contribution in [2.24, 2.45) is 11.8 Å². The predicted molar refractivity (Wildman–Crippen MR) is 131 cm³/mol. The molecule has 1 aromatic heterocycles. The van der Waals surface area contributed by atoms with Crippen LogP contribution in [0.25, 0.3) is 10.9 Å².